The summed E-state index contributed by atoms with van der Waals surface area (Å²) in [5.74, 6) is -1.45. The van der Waals surface area contributed by atoms with Crippen molar-refractivity contribution in [2.24, 2.45) is 0 Å². The first-order chi connectivity index (χ1) is 11.5. The minimum atomic E-state index is -0.950. The van der Waals surface area contributed by atoms with E-state index in [1.54, 1.807) is 24.3 Å². The molecule has 0 spiro atoms. The minimum absolute atomic E-state index is 0.0973. The molecule has 2 rings (SSSR count). The summed E-state index contributed by atoms with van der Waals surface area (Å²) in [7, 11) is 0. The fraction of sp³-hybridized carbons (Fsp3) is 0.222. The third-order valence-corrected chi connectivity index (χ3v) is 3.69. The second-order valence-electron chi connectivity index (χ2n) is 5.25. The van der Waals surface area contributed by atoms with E-state index in [0.717, 1.165) is 5.56 Å². The van der Waals surface area contributed by atoms with Gasteiger partial charge in [0.2, 0.25) is 0 Å². The zero-order valence-electron chi connectivity index (χ0n) is 13.1. The van der Waals surface area contributed by atoms with E-state index in [9.17, 15) is 14.0 Å². The third-order valence-electron chi connectivity index (χ3n) is 3.33. The molecular formula is C18H17ClFNO3. The largest absolute Gasteiger partial charge is 0.452 e. The number of carbonyl (C=O) groups is 2. The molecule has 126 valence electrons. The molecule has 6 heteroatoms. The Morgan fingerprint density at radius 2 is 1.96 bits per heavy atom. The van der Waals surface area contributed by atoms with Gasteiger partial charge < -0.3 is 10.1 Å². The Morgan fingerprint density at radius 3 is 2.67 bits per heavy atom. The molecule has 4 nitrogen and oxygen atoms in total. The quantitative estimate of drug-likeness (QED) is 0.814. The van der Waals surface area contributed by atoms with Crippen molar-refractivity contribution >= 4 is 23.5 Å². The Labute approximate surface area is 144 Å². The van der Waals surface area contributed by atoms with Crippen LogP contribution >= 0.6 is 11.6 Å². The zero-order valence-corrected chi connectivity index (χ0v) is 13.8. The average Bonchev–Trinajstić information content (AvgIpc) is 2.53. The molecule has 24 heavy (non-hydrogen) atoms. The van der Waals surface area contributed by atoms with Crippen molar-refractivity contribution in [3.05, 3.63) is 70.5 Å². The smallest absolute Gasteiger partial charge is 0.311 e. The van der Waals surface area contributed by atoms with Gasteiger partial charge in [0, 0.05) is 11.6 Å². The molecule has 0 aromatic heterocycles. The van der Waals surface area contributed by atoms with E-state index in [-0.39, 0.29) is 13.0 Å². The van der Waals surface area contributed by atoms with Crippen LogP contribution in [0.3, 0.4) is 0 Å². The van der Waals surface area contributed by atoms with Gasteiger partial charge in [0.05, 0.1) is 6.42 Å². The lowest BCUT2D eigenvalue weighted by atomic mass is 10.1. The highest BCUT2D eigenvalue weighted by Crippen LogP contribution is 2.14. The van der Waals surface area contributed by atoms with E-state index in [0.29, 0.717) is 10.6 Å². The molecule has 1 atom stereocenters. The van der Waals surface area contributed by atoms with E-state index in [1.807, 2.05) is 6.07 Å². The summed E-state index contributed by atoms with van der Waals surface area (Å²) in [5, 5.41) is 3.21. The minimum Gasteiger partial charge on any atom is -0.452 e. The monoisotopic (exact) mass is 349 g/mol. The number of ether oxygens (including phenoxy) is 1. The predicted octanol–water partition coefficient (Wildman–Crippen LogP) is 3.27. The standard InChI is InChI=1S/C18H17ClFNO3/c1-12(18(23)21-11-14-6-2-3-8-16(14)19)24-17(22)10-13-5-4-7-15(20)9-13/h2-9,12H,10-11H2,1H3,(H,21,23)/t12-/m1/s1. The fourth-order valence-electron chi connectivity index (χ4n) is 2.07. The SMILES string of the molecule is C[C@@H](OC(=O)Cc1cccc(F)c1)C(=O)NCc1ccccc1Cl. The molecule has 0 aliphatic carbocycles. The molecule has 1 N–H and O–H groups in total. The van der Waals surface area contributed by atoms with Gasteiger partial charge in [-0.2, -0.15) is 0 Å². The number of nitrogens with one attached hydrogen (secondary N) is 1. The van der Waals surface area contributed by atoms with Gasteiger partial charge in [-0.15, -0.1) is 0 Å². The third kappa shape index (κ3) is 5.35. The summed E-state index contributed by atoms with van der Waals surface area (Å²) >= 11 is 6.01. The van der Waals surface area contributed by atoms with Gasteiger partial charge in [0.25, 0.3) is 5.91 Å². The molecule has 0 radical (unpaired) electrons. The maximum atomic E-state index is 13.1. The van der Waals surface area contributed by atoms with E-state index < -0.39 is 23.8 Å². The van der Waals surface area contributed by atoms with Crippen LogP contribution in [0.2, 0.25) is 5.02 Å². The topological polar surface area (TPSA) is 55.4 Å². The Morgan fingerprint density at radius 1 is 1.21 bits per heavy atom. The van der Waals surface area contributed by atoms with Crippen molar-refractivity contribution in [2.75, 3.05) is 0 Å². The molecule has 0 saturated heterocycles. The number of amides is 1. The maximum Gasteiger partial charge on any atom is 0.311 e. The Bertz CT molecular complexity index is 736. The van der Waals surface area contributed by atoms with Crippen LogP contribution in [0.5, 0.6) is 0 Å². The van der Waals surface area contributed by atoms with Gasteiger partial charge in [-0.3, -0.25) is 9.59 Å². The van der Waals surface area contributed by atoms with Crippen molar-refractivity contribution in [1.29, 1.82) is 0 Å². The number of rotatable bonds is 6. The number of benzene rings is 2. The molecule has 0 aliphatic heterocycles. The zero-order chi connectivity index (χ0) is 17.5. The number of esters is 1. The highest BCUT2D eigenvalue weighted by molar-refractivity contribution is 6.31. The summed E-state index contributed by atoms with van der Waals surface area (Å²) in [6.45, 7) is 1.72. The molecule has 0 saturated carbocycles. The van der Waals surface area contributed by atoms with Gasteiger partial charge in [-0.25, -0.2) is 4.39 Å². The van der Waals surface area contributed by atoms with Crippen molar-refractivity contribution < 1.29 is 18.7 Å². The lowest BCUT2D eigenvalue weighted by Crippen LogP contribution is -2.35. The van der Waals surface area contributed by atoms with Gasteiger partial charge >= 0.3 is 5.97 Å². The van der Waals surface area contributed by atoms with Gasteiger partial charge in [-0.1, -0.05) is 41.9 Å². The average molecular weight is 350 g/mol. The molecule has 1 amide bonds. The highest BCUT2D eigenvalue weighted by atomic mass is 35.5. The van der Waals surface area contributed by atoms with E-state index in [1.165, 1.54) is 25.1 Å². The fourth-order valence-corrected chi connectivity index (χ4v) is 2.28. The lowest BCUT2D eigenvalue weighted by molar-refractivity contribution is -0.154. The van der Waals surface area contributed by atoms with Crippen molar-refractivity contribution in [1.82, 2.24) is 5.32 Å². The van der Waals surface area contributed by atoms with Gasteiger partial charge in [-0.05, 0) is 36.2 Å². The van der Waals surface area contributed by atoms with Crippen LogP contribution in [0.15, 0.2) is 48.5 Å². The molecule has 0 heterocycles. The van der Waals surface area contributed by atoms with E-state index in [4.69, 9.17) is 16.3 Å². The second-order valence-corrected chi connectivity index (χ2v) is 5.66. The number of hydrogen-bond donors (Lipinski definition) is 1. The van der Waals surface area contributed by atoms with Crippen LogP contribution in [-0.2, 0) is 27.3 Å². The predicted molar refractivity (Wildman–Crippen MR) is 89.0 cm³/mol. The molecular weight excluding hydrogens is 333 g/mol. The normalized spacial score (nSPS) is 11.6. The second kappa shape index (κ2) is 8.45. The molecule has 2 aromatic rings. The Kier molecular flexibility index (Phi) is 6.32. The van der Waals surface area contributed by atoms with Crippen LogP contribution in [0.4, 0.5) is 4.39 Å². The van der Waals surface area contributed by atoms with Crippen LogP contribution < -0.4 is 5.32 Å². The first kappa shape index (κ1) is 17.9. The van der Waals surface area contributed by atoms with Crippen LogP contribution in [0, 0.1) is 5.82 Å². The maximum absolute atomic E-state index is 13.1. The molecule has 0 unspecified atom stereocenters. The Hall–Kier alpha value is -2.40. The van der Waals surface area contributed by atoms with Crippen LogP contribution in [0.1, 0.15) is 18.1 Å². The van der Waals surface area contributed by atoms with Crippen LogP contribution in [-0.4, -0.2) is 18.0 Å². The van der Waals surface area contributed by atoms with Crippen molar-refractivity contribution in [3.8, 4) is 0 Å². The number of hydrogen-bond acceptors (Lipinski definition) is 3. The summed E-state index contributed by atoms with van der Waals surface area (Å²) < 4.78 is 18.1. The van der Waals surface area contributed by atoms with Crippen molar-refractivity contribution in [3.63, 3.8) is 0 Å². The van der Waals surface area contributed by atoms with E-state index in [2.05, 4.69) is 5.32 Å². The number of halogens is 2. The first-order valence-corrected chi connectivity index (χ1v) is 7.78. The highest BCUT2D eigenvalue weighted by Gasteiger charge is 2.18. The molecule has 0 aliphatic rings. The number of carbonyl (C=O) groups excluding carboxylic acids is 2. The summed E-state index contributed by atoms with van der Waals surface area (Å²) in [6.07, 6.45) is -1.05. The van der Waals surface area contributed by atoms with Gasteiger partial charge in [0.15, 0.2) is 6.10 Å². The summed E-state index contributed by atoms with van der Waals surface area (Å²) in [4.78, 5) is 23.8. The lowest BCUT2D eigenvalue weighted by Gasteiger charge is -2.14. The van der Waals surface area contributed by atoms with E-state index >= 15 is 0 Å². The summed E-state index contributed by atoms with van der Waals surface area (Å²) in [6, 6.07) is 12.8. The van der Waals surface area contributed by atoms with Gasteiger partial charge in [0.1, 0.15) is 5.82 Å². The molecule has 2 aromatic carbocycles. The molecule has 0 fully saturated rings. The summed E-state index contributed by atoms with van der Waals surface area (Å²) in [5.41, 5.74) is 1.26. The van der Waals surface area contributed by atoms with Crippen LogP contribution in [0.25, 0.3) is 0 Å². The first-order valence-electron chi connectivity index (χ1n) is 7.40. The Balaban J connectivity index is 1.82. The van der Waals surface area contributed by atoms with Crippen molar-refractivity contribution in [2.45, 2.75) is 26.0 Å². The molecule has 0 bridgehead atoms.